The van der Waals surface area contributed by atoms with Crippen LogP contribution >= 0.6 is 0 Å². The first-order chi connectivity index (χ1) is 18.2. The second-order valence-corrected chi connectivity index (χ2v) is 12.5. The van der Waals surface area contributed by atoms with Crippen molar-refractivity contribution in [2.24, 2.45) is 17.3 Å². The van der Waals surface area contributed by atoms with Gasteiger partial charge in [0.05, 0.1) is 42.1 Å². The summed E-state index contributed by atoms with van der Waals surface area (Å²) in [4.78, 5) is 27.3. The van der Waals surface area contributed by atoms with Gasteiger partial charge in [-0.15, -0.1) is 0 Å². The van der Waals surface area contributed by atoms with E-state index in [4.69, 9.17) is 14.2 Å². The van der Waals surface area contributed by atoms with Crippen LogP contribution in [-0.4, -0.2) is 58.9 Å². The second kappa shape index (κ2) is 9.32. The number of hydrogen-bond acceptors (Lipinski definition) is 8. The average Bonchev–Trinajstić information content (AvgIpc) is 2.87. The Balaban J connectivity index is 1.63. The van der Waals surface area contributed by atoms with Crippen LogP contribution < -0.4 is 4.74 Å². The number of aliphatic hydroxyl groups is 1. The Morgan fingerprint density at radius 1 is 0.949 bits per heavy atom. The summed E-state index contributed by atoms with van der Waals surface area (Å²) < 4.78 is 17.7. The van der Waals surface area contributed by atoms with Gasteiger partial charge >= 0.3 is 0 Å². The second-order valence-electron chi connectivity index (χ2n) is 12.5. The van der Waals surface area contributed by atoms with Crippen LogP contribution in [0.25, 0.3) is 0 Å². The molecule has 3 N–H and O–H groups in total. The zero-order valence-corrected chi connectivity index (χ0v) is 23.6. The van der Waals surface area contributed by atoms with Crippen molar-refractivity contribution in [3.63, 3.8) is 0 Å². The van der Waals surface area contributed by atoms with Gasteiger partial charge in [-0.2, -0.15) is 0 Å². The summed E-state index contributed by atoms with van der Waals surface area (Å²) in [6.07, 6.45) is 0.220. The van der Waals surface area contributed by atoms with Crippen LogP contribution in [0.1, 0.15) is 96.5 Å². The van der Waals surface area contributed by atoms with E-state index in [1.165, 1.54) is 19.2 Å². The molecule has 0 aliphatic heterocycles. The Labute approximate surface area is 228 Å². The number of carbonyl (C=O) groups is 2. The number of rotatable bonds is 4. The van der Waals surface area contributed by atoms with E-state index in [-0.39, 0.29) is 62.9 Å². The number of phenols is 2. The van der Waals surface area contributed by atoms with Gasteiger partial charge in [0.15, 0.2) is 5.78 Å². The van der Waals surface area contributed by atoms with Crippen molar-refractivity contribution >= 4 is 11.6 Å². The predicted octanol–water partition coefficient (Wildman–Crippen LogP) is 4.72. The number of aromatic hydroxyl groups is 2. The first-order valence-electron chi connectivity index (χ1n) is 13.5. The number of phenolic OH excluding ortho intramolecular Hbond substituents is 2. The lowest BCUT2D eigenvalue weighted by Crippen LogP contribution is -2.53. The van der Waals surface area contributed by atoms with Gasteiger partial charge in [-0.05, 0) is 54.7 Å². The molecule has 3 aliphatic carbocycles. The number of methoxy groups -OCH3 is 2. The van der Waals surface area contributed by atoms with Gasteiger partial charge < -0.3 is 29.5 Å². The number of ketones is 2. The molecule has 1 fully saturated rings. The minimum Gasteiger partial charge on any atom is -0.507 e. The van der Waals surface area contributed by atoms with E-state index >= 15 is 0 Å². The number of ether oxygens (including phenoxy) is 3. The van der Waals surface area contributed by atoms with Crippen molar-refractivity contribution in [2.75, 3.05) is 14.2 Å². The molecule has 0 heterocycles. The summed E-state index contributed by atoms with van der Waals surface area (Å²) in [6, 6.07) is 4.44. The van der Waals surface area contributed by atoms with Gasteiger partial charge in [-0.1, -0.05) is 27.7 Å². The molecule has 5 unspecified atom stereocenters. The SMILES string of the molecule is COc1cc(O)c2c(c1)C(=O)c1cc3c(c(O)c1C2=O)[C@@H](OC1CC(C)C(O)C(C)(OC)C1)C(C)C(C)(C)C3. The van der Waals surface area contributed by atoms with E-state index in [0.717, 1.165) is 5.56 Å². The van der Waals surface area contributed by atoms with Crippen LogP contribution in [0, 0.1) is 17.3 Å². The van der Waals surface area contributed by atoms with Crippen LogP contribution in [0.4, 0.5) is 0 Å². The molecule has 2 aromatic carbocycles. The fourth-order valence-electron chi connectivity index (χ4n) is 6.83. The van der Waals surface area contributed by atoms with E-state index in [1.807, 2.05) is 13.8 Å². The average molecular weight is 539 g/mol. The van der Waals surface area contributed by atoms with Crippen LogP contribution in [-0.2, 0) is 15.9 Å². The van der Waals surface area contributed by atoms with E-state index < -0.39 is 29.4 Å². The van der Waals surface area contributed by atoms with Crippen molar-refractivity contribution in [1.29, 1.82) is 0 Å². The van der Waals surface area contributed by atoms with Gasteiger partial charge in [0.25, 0.3) is 0 Å². The Hall–Kier alpha value is -2.94. The zero-order valence-electron chi connectivity index (χ0n) is 23.6. The smallest absolute Gasteiger partial charge is 0.201 e. The first kappa shape index (κ1) is 27.6. The Morgan fingerprint density at radius 3 is 2.26 bits per heavy atom. The summed E-state index contributed by atoms with van der Waals surface area (Å²) in [5, 5.41) is 33.1. The molecule has 0 spiro atoms. The Bertz CT molecular complexity index is 1360. The highest BCUT2D eigenvalue weighted by Gasteiger charge is 2.49. The molecule has 0 radical (unpaired) electrons. The lowest BCUT2D eigenvalue weighted by Gasteiger charge is -2.48. The number of benzene rings is 2. The molecule has 8 nitrogen and oxygen atoms in total. The first-order valence-corrected chi connectivity index (χ1v) is 13.5. The third-order valence-corrected chi connectivity index (χ3v) is 9.55. The molecule has 0 amide bonds. The fourth-order valence-corrected chi connectivity index (χ4v) is 6.83. The van der Waals surface area contributed by atoms with Gasteiger partial charge in [-0.3, -0.25) is 9.59 Å². The van der Waals surface area contributed by atoms with Crippen molar-refractivity contribution in [3.05, 3.63) is 51.6 Å². The summed E-state index contributed by atoms with van der Waals surface area (Å²) in [5.41, 5.74) is 0.170. The highest BCUT2D eigenvalue weighted by Crippen LogP contribution is 2.54. The quantitative estimate of drug-likeness (QED) is 0.436. The Morgan fingerprint density at radius 2 is 1.62 bits per heavy atom. The minimum absolute atomic E-state index is 0.0377. The van der Waals surface area contributed by atoms with Crippen molar-refractivity contribution < 1.29 is 39.1 Å². The third-order valence-electron chi connectivity index (χ3n) is 9.55. The summed E-state index contributed by atoms with van der Waals surface area (Å²) in [6.45, 7) is 10.2. The lowest BCUT2D eigenvalue weighted by atomic mass is 9.64. The van der Waals surface area contributed by atoms with Gasteiger partial charge in [0, 0.05) is 36.3 Å². The molecule has 0 bridgehead atoms. The molecular formula is C31H38O8. The topological polar surface area (TPSA) is 123 Å². The molecule has 8 heteroatoms. The molecule has 6 atom stereocenters. The zero-order chi connectivity index (χ0) is 28.6. The van der Waals surface area contributed by atoms with Crippen LogP contribution in [0.15, 0.2) is 18.2 Å². The summed E-state index contributed by atoms with van der Waals surface area (Å²) in [5.74, 6) is -1.55. The summed E-state index contributed by atoms with van der Waals surface area (Å²) >= 11 is 0. The van der Waals surface area contributed by atoms with E-state index in [1.54, 1.807) is 13.2 Å². The molecule has 2 aromatic rings. The molecule has 0 saturated heterocycles. The number of aliphatic hydroxyl groups excluding tert-OH is 1. The number of fused-ring (bicyclic) bond motifs is 3. The fraction of sp³-hybridized carbons (Fsp3) is 0.548. The Kier molecular flexibility index (Phi) is 6.60. The molecule has 1 saturated carbocycles. The normalized spacial score (nSPS) is 31.3. The van der Waals surface area contributed by atoms with Gasteiger partial charge in [0.1, 0.15) is 17.2 Å². The standard InChI is InChI=1S/C31H38O8/c1-14-8-18(13-31(5,38-7)29(14)36)39-28-15(2)30(3,4)12-16-9-19-24(26(34)22(16)28)27(35)23-20(25(19)33)10-17(37-6)11-21(23)32/h9-11,14-15,18,28-29,32,34,36H,8,12-13H2,1-7H3/t14?,15?,18?,28-,29?,31?/m0/s1. The largest absolute Gasteiger partial charge is 0.507 e. The van der Waals surface area contributed by atoms with Crippen LogP contribution in [0.3, 0.4) is 0 Å². The monoisotopic (exact) mass is 538 g/mol. The van der Waals surface area contributed by atoms with Crippen LogP contribution in [0.5, 0.6) is 17.2 Å². The summed E-state index contributed by atoms with van der Waals surface area (Å²) in [7, 11) is 3.00. The maximum atomic E-state index is 13.7. The van der Waals surface area contributed by atoms with Crippen LogP contribution in [0.2, 0.25) is 0 Å². The lowest BCUT2D eigenvalue weighted by molar-refractivity contribution is -0.187. The molecule has 3 aliphatic rings. The van der Waals surface area contributed by atoms with E-state index in [9.17, 15) is 24.9 Å². The van der Waals surface area contributed by atoms with Crippen molar-refractivity contribution in [3.8, 4) is 17.2 Å². The van der Waals surface area contributed by atoms with Crippen molar-refractivity contribution in [2.45, 2.75) is 77.8 Å². The number of carbonyl (C=O) groups excluding carboxylic acids is 2. The minimum atomic E-state index is -0.777. The van der Waals surface area contributed by atoms with E-state index in [2.05, 4.69) is 20.8 Å². The molecule has 39 heavy (non-hydrogen) atoms. The maximum Gasteiger partial charge on any atom is 0.201 e. The van der Waals surface area contributed by atoms with E-state index in [0.29, 0.717) is 24.8 Å². The maximum absolute atomic E-state index is 13.7. The molecule has 0 aromatic heterocycles. The predicted molar refractivity (Wildman–Crippen MR) is 144 cm³/mol. The highest BCUT2D eigenvalue weighted by molar-refractivity contribution is 6.30. The molecule has 210 valence electrons. The third kappa shape index (κ3) is 4.15. The van der Waals surface area contributed by atoms with Gasteiger partial charge in [0.2, 0.25) is 5.78 Å². The number of hydrogen-bond donors (Lipinski definition) is 3. The van der Waals surface area contributed by atoms with Gasteiger partial charge in [-0.25, -0.2) is 0 Å². The molecular weight excluding hydrogens is 500 g/mol. The highest BCUT2D eigenvalue weighted by atomic mass is 16.5. The molecule has 5 rings (SSSR count). The van der Waals surface area contributed by atoms with Crippen molar-refractivity contribution in [1.82, 2.24) is 0 Å².